The van der Waals surface area contributed by atoms with Gasteiger partial charge in [-0.1, -0.05) is 0 Å². The maximum absolute atomic E-state index is 12.9. The average molecular weight is 444 g/mol. The van der Waals surface area contributed by atoms with Gasteiger partial charge in [-0.15, -0.1) is 0 Å². The zero-order valence-electron chi connectivity index (χ0n) is 17.9. The summed E-state index contributed by atoms with van der Waals surface area (Å²) in [6, 6.07) is 13.4. The topological polar surface area (TPSA) is 102 Å². The summed E-state index contributed by atoms with van der Waals surface area (Å²) < 4.78 is 38.3. The molecule has 9 heteroatoms. The van der Waals surface area contributed by atoms with Gasteiger partial charge >= 0.3 is 0 Å². The molecule has 0 aliphatic heterocycles. The Morgan fingerprint density at radius 3 is 2.35 bits per heavy atom. The van der Waals surface area contributed by atoms with Gasteiger partial charge in [0, 0.05) is 25.2 Å². The van der Waals surface area contributed by atoms with E-state index in [1.807, 2.05) is 31.2 Å². The van der Waals surface area contributed by atoms with Gasteiger partial charge in [0.15, 0.2) is 0 Å². The quantitative estimate of drug-likeness (QED) is 0.568. The van der Waals surface area contributed by atoms with Crippen molar-refractivity contribution in [3.8, 4) is 17.2 Å². The molecule has 31 heavy (non-hydrogen) atoms. The molecule has 0 aliphatic carbocycles. The molecule has 0 bridgehead atoms. The normalized spacial score (nSPS) is 11.5. The van der Waals surface area contributed by atoms with Crippen LogP contribution in [0, 0.1) is 6.92 Å². The van der Waals surface area contributed by atoms with Crippen molar-refractivity contribution in [2.24, 2.45) is 0 Å². The first-order valence-corrected chi connectivity index (χ1v) is 11.2. The molecule has 164 valence electrons. The van der Waals surface area contributed by atoms with E-state index in [-0.39, 0.29) is 17.3 Å². The number of oxazole rings is 1. The highest BCUT2D eigenvalue weighted by Crippen LogP contribution is 2.26. The second kappa shape index (κ2) is 9.32. The monoisotopic (exact) mass is 443 g/mol. The molecule has 3 rings (SSSR count). The Balaban J connectivity index is 1.76. The summed E-state index contributed by atoms with van der Waals surface area (Å²) in [5.41, 5.74) is 1.84. The summed E-state index contributed by atoms with van der Waals surface area (Å²) in [6.07, 6.45) is 0. The summed E-state index contributed by atoms with van der Waals surface area (Å²) in [5, 5.41) is 2.61. The van der Waals surface area contributed by atoms with Gasteiger partial charge in [0.2, 0.25) is 21.8 Å². The minimum Gasteiger partial charge on any atom is -0.494 e. The van der Waals surface area contributed by atoms with Crippen LogP contribution in [0.4, 0.5) is 5.69 Å². The Kier molecular flexibility index (Phi) is 6.77. The lowest BCUT2D eigenvalue weighted by atomic mass is 10.2. The Morgan fingerprint density at radius 2 is 1.77 bits per heavy atom. The van der Waals surface area contributed by atoms with Crippen molar-refractivity contribution >= 4 is 21.6 Å². The summed E-state index contributed by atoms with van der Waals surface area (Å²) in [7, 11) is -2.26. The summed E-state index contributed by atoms with van der Waals surface area (Å²) in [6.45, 7) is 5.70. The van der Waals surface area contributed by atoms with Gasteiger partial charge in [-0.3, -0.25) is 4.79 Å². The smallest absolute Gasteiger partial charge is 0.243 e. The van der Waals surface area contributed by atoms with Crippen molar-refractivity contribution in [1.29, 1.82) is 0 Å². The first kappa shape index (κ1) is 22.5. The number of rotatable bonds is 8. The molecule has 2 aromatic carbocycles. The van der Waals surface area contributed by atoms with Crippen molar-refractivity contribution in [3.63, 3.8) is 0 Å². The number of ether oxygens (including phenoxy) is 1. The number of benzene rings is 2. The molecule has 3 aromatic rings. The minimum absolute atomic E-state index is 0.0577. The molecule has 1 N–H and O–H groups in total. The predicted octanol–water partition coefficient (Wildman–Crippen LogP) is 3.83. The number of nitrogens with zero attached hydrogens (tertiary/aromatic N) is 2. The van der Waals surface area contributed by atoms with Crippen LogP contribution < -0.4 is 10.1 Å². The Hall–Kier alpha value is -3.17. The van der Waals surface area contributed by atoms with E-state index in [9.17, 15) is 13.2 Å². The standard InChI is InChI=1S/C22H25N3O5S/c1-5-29-19-10-6-17(7-11-19)22-24-21(15(2)30-22)14-25(4)31(27,28)20-12-8-18(9-13-20)23-16(3)26/h6-13H,5,14H2,1-4H3,(H,23,26). The molecule has 1 amide bonds. The highest BCUT2D eigenvalue weighted by molar-refractivity contribution is 7.89. The maximum atomic E-state index is 12.9. The fraction of sp³-hybridized carbons (Fsp3) is 0.273. The Bertz CT molecular complexity index is 1150. The van der Waals surface area contributed by atoms with Crippen LogP contribution in [0.2, 0.25) is 0 Å². The molecule has 1 aromatic heterocycles. The van der Waals surface area contributed by atoms with Crippen molar-refractivity contribution < 1.29 is 22.4 Å². The second-order valence-electron chi connectivity index (χ2n) is 6.95. The van der Waals surface area contributed by atoms with Crippen LogP contribution in [-0.4, -0.2) is 37.3 Å². The van der Waals surface area contributed by atoms with Gasteiger partial charge < -0.3 is 14.5 Å². The lowest BCUT2D eigenvalue weighted by Crippen LogP contribution is -2.27. The minimum atomic E-state index is -3.74. The van der Waals surface area contributed by atoms with Crippen molar-refractivity contribution in [3.05, 3.63) is 60.0 Å². The van der Waals surface area contributed by atoms with Gasteiger partial charge in [0.1, 0.15) is 11.5 Å². The van der Waals surface area contributed by atoms with E-state index in [0.29, 0.717) is 29.6 Å². The zero-order valence-corrected chi connectivity index (χ0v) is 18.7. The highest BCUT2D eigenvalue weighted by Gasteiger charge is 2.23. The van der Waals surface area contributed by atoms with Crippen molar-refractivity contribution in [2.75, 3.05) is 19.0 Å². The molecule has 8 nitrogen and oxygen atoms in total. The summed E-state index contributed by atoms with van der Waals surface area (Å²) in [5.74, 6) is 1.50. The van der Waals surface area contributed by atoms with Crippen LogP contribution in [0.5, 0.6) is 5.75 Å². The molecule has 0 fully saturated rings. The number of sulfonamides is 1. The Morgan fingerprint density at radius 1 is 1.13 bits per heavy atom. The fourth-order valence-electron chi connectivity index (χ4n) is 2.95. The van der Waals surface area contributed by atoms with Gasteiger partial charge in [-0.05, 0) is 62.4 Å². The number of hydrogen-bond acceptors (Lipinski definition) is 6. The first-order valence-electron chi connectivity index (χ1n) is 9.74. The first-order chi connectivity index (χ1) is 14.7. The van der Waals surface area contributed by atoms with Crippen LogP contribution in [0.25, 0.3) is 11.5 Å². The average Bonchev–Trinajstić information content (AvgIpc) is 3.09. The van der Waals surface area contributed by atoms with Gasteiger partial charge in [0.25, 0.3) is 0 Å². The fourth-order valence-corrected chi connectivity index (χ4v) is 4.08. The van der Waals surface area contributed by atoms with Gasteiger partial charge in [0.05, 0.1) is 23.7 Å². The third-order valence-corrected chi connectivity index (χ3v) is 6.38. The molecule has 0 aliphatic rings. The van der Waals surface area contributed by atoms with Crippen LogP contribution in [0.1, 0.15) is 25.3 Å². The lowest BCUT2D eigenvalue weighted by molar-refractivity contribution is -0.114. The van der Waals surface area contributed by atoms with Crippen LogP contribution >= 0.6 is 0 Å². The molecule has 0 spiro atoms. The summed E-state index contributed by atoms with van der Waals surface area (Å²) >= 11 is 0. The van der Waals surface area contributed by atoms with Crippen molar-refractivity contribution in [2.45, 2.75) is 32.2 Å². The third kappa shape index (κ3) is 5.31. The number of hydrogen-bond donors (Lipinski definition) is 1. The number of carbonyl (C=O) groups excluding carboxylic acids is 1. The van der Waals surface area contributed by atoms with Gasteiger partial charge in [-0.25, -0.2) is 13.4 Å². The van der Waals surface area contributed by atoms with E-state index in [2.05, 4.69) is 10.3 Å². The SMILES string of the molecule is CCOc1ccc(-c2nc(CN(C)S(=O)(=O)c3ccc(NC(C)=O)cc3)c(C)o2)cc1. The van der Waals surface area contributed by atoms with Crippen LogP contribution in [-0.2, 0) is 21.4 Å². The number of nitrogens with one attached hydrogen (secondary N) is 1. The van der Waals surface area contributed by atoms with Gasteiger partial charge in [-0.2, -0.15) is 4.31 Å². The van der Waals surface area contributed by atoms with Crippen LogP contribution in [0.3, 0.4) is 0 Å². The molecule has 0 radical (unpaired) electrons. The summed E-state index contributed by atoms with van der Waals surface area (Å²) in [4.78, 5) is 15.7. The number of carbonyl (C=O) groups is 1. The third-order valence-electron chi connectivity index (χ3n) is 4.56. The van der Waals surface area contributed by atoms with E-state index in [4.69, 9.17) is 9.15 Å². The zero-order chi connectivity index (χ0) is 22.6. The lowest BCUT2D eigenvalue weighted by Gasteiger charge is -2.16. The predicted molar refractivity (Wildman–Crippen MR) is 117 cm³/mol. The van der Waals surface area contributed by atoms with E-state index >= 15 is 0 Å². The van der Waals surface area contributed by atoms with E-state index in [1.165, 1.54) is 30.4 Å². The molecule has 1 heterocycles. The molecule has 0 unspecified atom stereocenters. The van der Waals surface area contributed by atoms with E-state index in [1.54, 1.807) is 19.1 Å². The largest absolute Gasteiger partial charge is 0.494 e. The molecular weight excluding hydrogens is 418 g/mol. The van der Waals surface area contributed by atoms with Crippen molar-refractivity contribution in [1.82, 2.24) is 9.29 Å². The maximum Gasteiger partial charge on any atom is 0.243 e. The number of aryl methyl sites for hydroxylation is 1. The molecule has 0 saturated carbocycles. The number of amides is 1. The number of aromatic nitrogens is 1. The van der Waals surface area contributed by atoms with E-state index in [0.717, 1.165) is 11.3 Å². The Labute approximate surface area is 181 Å². The van der Waals surface area contributed by atoms with E-state index < -0.39 is 10.0 Å². The van der Waals surface area contributed by atoms with Crippen LogP contribution in [0.15, 0.2) is 57.8 Å². The molecular formula is C22H25N3O5S. The highest BCUT2D eigenvalue weighted by atomic mass is 32.2. The number of anilines is 1. The molecule has 0 saturated heterocycles. The second-order valence-corrected chi connectivity index (χ2v) is 8.99. The molecule has 0 atom stereocenters.